The number of aliphatic hydroxyl groups is 1. The lowest BCUT2D eigenvalue weighted by Gasteiger charge is -2.52. The average molecular weight is 548 g/mol. The Balaban J connectivity index is 1.66. The van der Waals surface area contributed by atoms with Crippen molar-refractivity contribution < 1.29 is 34.2 Å². The summed E-state index contributed by atoms with van der Waals surface area (Å²) >= 11 is 0. The van der Waals surface area contributed by atoms with E-state index in [9.17, 15) is 34.2 Å². The molecule has 2 aromatic carbocycles. The minimum absolute atomic E-state index is 0.00159. The number of ketones is 4. The van der Waals surface area contributed by atoms with Gasteiger partial charge in [-0.1, -0.05) is 12.1 Å². The number of Topliss-reactive ketones (excluding diaryl/α,β-unsaturated/α-hetero) is 4. The lowest BCUT2D eigenvalue weighted by atomic mass is 9.52. The van der Waals surface area contributed by atoms with E-state index in [1.54, 1.807) is 27.1 Å². The monoisotopic (exact) mass is 547 g/mol. The summed E-state index contributed by atoms with van der Waals surface area (Å²) in [4.78, 5) is 70.2. The summed E-state index contributed by atoms with van der Waals surface area (Å²) in [6.45, 7) is 1.66. The predicted octanol–water partition coefficient (Wildman–Crippen LogP) is 0.908. The van der Waals surface area contributed by atoms with Crippen molar-refractivity contribution in [3.8, 4) is 16.9 Å². The summed E-state index contributed by atoms with van der Waals surface area (Å²) in [6, 6.07) is 8.41. The number of carbonyl (C=O) groups excluding carboxylic acids is 5. The lowest BCUT2D eigenvalue weighted by Crippen LogP contribution is -2.74. The van der Waals surface area contributed by atoms with Crippen LogP contribution in [0, 0.1) is 30.6 Å². The quantitative estimate of drug-likeness (QED) is 0.473. The fraction of sp³-hybridized carbons (Fsp3) is 0.433. The highest BCUT2D eigenvalue weighted by Gasteiger charge is 2.69. The van der Waals surface area contributed by atoms with Crippen LogP contribution in [0.2, 0.25) is 0 Å². The molecule has 0 aliphatic heterocycles. The maximum atomic E-state index is 14.0. The Labute approximate surface area is 231 Å². The van der Waals surface area contributed by atoms with Gasteiger partial charge in [0.25, 0.3) is 0 Å². The van der Waals surface area contributed by atoms with Gasteiger partial charge in [0.05, 0.1) is 17.5 Å². The molecular weight excluding hydrogens is 514 g/mol. The van der Waals surface area contributed by atoms with Gasteiger partial charge in [-0.15, -0.1) is 0 Å². The van der Waals surface area contributed by atoms with E-state index in [2.05, 4.69) is 0 Å². The molecule has 0 radical (unpaired) electrons. The minimum atomic E-state index is -2.73. The zero-order valence-electron chi connectivity index (χ0n) is 23.1. The predicted molar refractivity (Wildman–Crippen MR) is 146 cm³/mol. The molecule has 5 rings (SSSR count). The van der Waals surface area contributed by atoms with Gasteiger partial charge in [0.15, 0.2) is 34.7 Å². The maximum absolute atomic E-state index is 14.0. The van der Waals surface area contributed by atoms with Crippen LogP contribution in [-0.4, -0.2) is 84.0 Å². The average Bonchev–Trinajstić information content (AvgIpc) is 2.88. The number of anilines is 1. The topological polar surface area (TPSA) is 158 Å². The summed E-state index contributed by atoms with van der Waals surface area (Å²) < 4.78 is 0. The second kappa shape index (κ2) is 9.35. The number of fused-ring (bicyclic) bond motifs is 3. The molecule has 0 saturated heterocycles. The first-order valence-electron chi connectivity index (χ1n) is 13.2. The largest absolute Gasteiger partial charge is 0.507 e. The van der Waals surface area contributed by atoms with Crippen LogP contribution in [-0.2, 0) is 25.6 Å². The second-order valence-corrected chi connectivity index (χ2v) is 11.7. The van der Waals surface area contributed by atoms with Gasteiger partial charge in [0.1, 0.15) is 5.75 Å². The number of amides is 1. The number of rotatable bonds is 4. The molecule has 10 nitrogen and oxygen atoms in total. The van der Waals surface area contributed by atoms with Crippen LogP contribution in [0.25, 0.3) is 11.1 Å². The SMILES string of the molecule is Cc1cc(-c2ccc(N(C)C)cc2)c2c(c1O)C(=O)C1C(=O)[C@]3(O)C(=O)C(C(N)=O)C(=O)[C@@H](N(C)C)[C@@H]3C[C@@H]1C2. The maximum Gasteiger partial charge on any atom is 0.235 e. The Hall–Kier alpha value is -3.89. The first kappa shape index (κ1) is 27.7. The molecule has 40 heavy (non-hydrogen) atoms. The number of nitrogens with zero attached hydrogens (tertiary/aromatic N) is 2. The Morgan fingerprint density at radius 2 is 1.65 bits per heavy atom. The molecule has 2 fully saturated rings. The Morgan fingerprint density at radius 3 is 2.20 bits per heavy atom. The molecule has 0 spiro atoms. The summed E-state index contributed by atoms with van der Waals surface area (Å²) in [5, 5.41) is 22.7. The van der Waals surface area contributed by atoms with E-state index >= 15 is 0 Å². The number of hydrogen-bond acceptors (Lipinski definition) is 9. The second-order valence-electron chi connectivity index (χ2n) is 11.7. The molecule has 4 N–H and O–H groups in total. The van der Waals surface area contributed by atoms with Crippen molar-refractivity contribution in [1.29, 1.82) is 0 Å². The van der Waals surface area contributed by atoms with Crippen molar-refractivity contribution in [1.82, 2.24) is 4.90 Å². The third-order valence-corrected chi connectivity index (χ3v) is 8.95. The van der Waals surface area contributed by atoms with E-state index in [-0.39, 0.29) is 24.2 Å². The smallest absolute Gasteiger partial charge is 0.235 e. The fourth-order valence-corrected chi connectivity index (χ4v) is 7.00. The highest BCUT2D eigenvalue weighted by Crippen LogP contribution is 2.52. The number of hydrogen-bond donors (Lipinski definition) is 3. The van der Waals surface area contributed by atoms with Gasteiger partial charge in [-0.2, -0.15) is 0 Å². The van der Waals surface area contributed by atoms with Crippen molar-refractivity contribution in [3.63, 3.8) is 0 Å². The first-order valence-corrected chi connectivity index (χ1v) is 13.2. The number of aryl methyl sites for hydroxylation is 1. The highest BCUT2D eigenvalue weighted by atomic mass is 16.3. The normalized spacial score (nSPS) is 29.6. The molecule has 210 valence electrons. The number of nitrogens with two attached hydrogens (primary N) is 1. The molecule has 3 aliphatic carbocycles. The Kier molecular flexibility index (Phi) is 6.47. The zero-order chi connectivity index (χ0) is 29.4. The van der Waals surface area contributed by atoms with Crippen LogP contribution in [0.5, 0.6) is 5.75 Å². The van der Waals surface area contributed by atoms with E-state index in [1.807, 2.05) is 43.3 Å². The number of benzene rings is 2. The molecule has 1 amide bonds. The van der Waals surface area contributed by atoms with Crippen LogP contribution in [0.15, 0.2) is 30.3 Å². The van der Waals surface area contributed by atoms with Gasteiger partial charge >= 0.3 is 0 Å². The highest BCUT2D eigenvalue weighted by molar-refractivity contribution is 6.32. The molecule has 2 unspecified atom stereocenters. The van der Waals surface area contributed by atoms with Crippen LogP contribution in [0.4, 0.5) is 5.69 Å². The van der Waals surface area contributed by atoms with E-state index < -0.39 is 64.4 Å². The van der Waals surface area contributed by atoms with E-state index in [0.29, 0.717) is 11.1 Å². The number of primary amides is 1. The number of phenolic OH excluding ortho intramolecular Hbond substituents is 1. The van der Waals surface area contributed by atoms with Crippen molar-refractivity contribution in [3.05, 3.63) is 47.0 Å². The van der Waals surface area contributed by atoms with Crippen LogP contribution in [0.3, 0.4) is 0 Å². The molecule has 2 aromatic rings. The summed E-state index contributed by atoms with van der Waals surface area (Å²) in [5.41, 5.74) is 6.20. The number of likely N-dealkylation sites (N-methyl/N-ethyl adjacent to an activating group) is 1. The summed E-state index contributed by atoms with van der Waals surface area (Å²) in [6.07, 6.45) is 0.224. The van der Waals surface area contributed by atoms with Gasteiger partial charge in [-0.25, -0.2) is 0 Å². The molecule has 10 heteroatoms. The third-order valence-electron chi connectivity index (χ3n) is 8.95. The van der Waals surface area contributed by atoms with E-state index in [1.165, 1.54) is 4.90 Å². The van der Waals surface area contributed by atoms with E-state index in [0.717, 1.165) is 16.8 Å². The van der Waals surface area contributed by atoms with Crippen molar-refractivity contribution in [2.45, 2.75) is 31.4 Å². The first-order chi connectivity index (χ1) is 18.7. The Bertz CT molecular complexity index is 1480. The standard InChI is InChI=1S/C30H33N3O7/c1-13-10-17(14-6-8-16(9-7-14)32(2)3)18-11-15-12-19-23(33(4)5)26(36)22(29(31)39)28(38)30(19,40)27(37)20(15)25(35)21(18)24(13)34/h6-10,15,19-20,22-23,34,40H,11-12H2,1-5H3,(H2,31,39)/t15-,19-,20?,22?,23-,30-/m0/s1. The van der Waals surface area contributed by atoms with Crippen LogP contribution >= 0.6 is 0 Å². The van der Waals surface area contributed by atoms with Crippen LogP contribution < -0.4 is 10.6 Å². The van der Waals surface area contributed by atoms with Gasteiger partial charge in [-0.3, -0.25) is 28.9 Å². The Morgan fingerprint density at radius 1 is 1.02 bits per heavy atom. The fourth-order valence-electron chi connectivity index (χ4n) is 7.00. The van der Waals surface area contributed by atoms with Crippen molar-refractivity contribution in [2.75, 3.05) is 33.1 Å². The zero-order valence-corrected chi connectivity index (χ0v) is 23.1. The minimum Gasteiger partial charge on any atom is -0.507 e. The third kappa shape index (κ3) is 3.73. The van der Waals surface area contributed by atoms with Crippen molar-refractivity contribution >= 4 is 34.7 Å². The molecule has 3 aliphatic rings. The summed E-state index contributed by atoms with van der Waals surface area (Å²) in [5.74, 6) is -10.5. The van der Waals surface area contributed by atoms with Crippen LogP contribution in [0.1, 0.15) is 27.9 Å². The number of carbonyl (C=O) groups is 5. The molecule has 6 atom stereocenters. The van der Waals surface area contributed by atoms with Gasteiger partial charge < -0.3 is 20.8 Å². The number of aromatic hydroxyl groups is 1. The number of phenols is 1. The summed E-state index contributed by atoms with van der Waals surface area (Å²) in [7, 11) is 6.97. The molecule has 0 bridgehead atoms. The lowest BCUT2D eigenvalue weighted by molar-refractivity contribution is -0.181. The van der Waals surface area contributed by atoms with Gasteiger partial charge in [0, 0.05) is 25.7 Å². The van der Waals surface area contributed by atoms with Gasteiger partial charge in [-0.05, 0) is 80.2 Å². The van der Waals surface area contributed by atoms with Gasteiger partial charge in [0.2, 0.25) is 5.91 Å². The van der Waals surface area contributed by atoms with E-state index in [4.69, 9.17) is 5.73 Å². The molecule has 2 saturated carbocycles. The molecule has 0 heterocycles. The molecular formula is C30H33N3O7. The van der Waals surface area contributed by atoms with Crippen molar-refractivity contribution in [2.24, 2.45) is 29.4 Å². The molecule has 0 aromatic heterocycles.